The van der Waals surface area contributed by atoms with Gasteiger partial charge in [-0.1, -0.05) is 48.0 Å². The van der Waals surface area contributed by atoms with Gasteiger partial charge >= 0.3 is 0 Å². The van der Waals surface area contributed by atoms with E-state index in [2.05, 4.69) is 15.0 Å². The van der Waals surface area contributed by atoms with Crippen molar-refractivity contribution >= 4 is 35.4 Å². The molecule has 0 spiro atoms. The summed E-state index contributed by atoms with van der Waals surface area (Å²) in [6, 6.07) is 15.9. The summed E-state index contributed by atoms with van der Waals surface area (Å²) in [7, 11) is 0. The van der Waals surface area contributed by atoms with Crippen LogP contribution in [0.15, 0.2) is 58.5 Å². The standard InChI is InChI=1S/C23H22ClN3.3ClH.V/c1-15-7-5-8-16(2)22(15)25-13-20-11-19(24)12-21(27-20)14-26-23-17(3)9-6-10-18(23)4;;;;/h5-14H,1-4H3;3*1H;/p-3. The fourth-order valence-electron chi connectivity index (χ4n) is 2.95. The Hall–Kier alpha value is -1.33. The zero-order valence-electron chi connectivity index (χ0n) is 17.6. The fourth-order valence-corrected chi connectivity index (χ4v) is 3.17. The van der Waals surface area contributed by atoms with E-state index in [0.29, 0.717) is 16.4 Å². The first-order valence-electron chi connectivity index (χ1n) is 8.82. The van der Waals surface area contributed by atoms with Crippen LogP contribution in [-0.4, -0.2) is 17.4 Å². The molecule has 0 fully saturated rings. The number of aryl methyl sites for hydroxylation is 4. The van der Waals surface area contributed by atoms with Crippen LogP contribution in [0.4, 0.5) is 11.4 Å². The molecule has 1 radical (unpaired) electrons. The van der Waals surface area contributed by atoms with Gasteiger partial charge in [-0.2, -0.15) is 0 Å². The molecule has 0 atom stereocenters. The number of pyridine rings is 1. The molecule has 0 saturated heterocycles. The molecule has 1 aromatic heterocycles. The van der Waals surface area contributed by atoms with Gasteiger partial charge in [-0.3, -0.25) is 9.98 Å². The second kappa shape index (κ2) is 14.7. The van der Waals surface area contributed by atoms with Crippen molar-refractivity contribution < 1.29 is 55.8 Å². The third-order valence-electron chi connectivity index (χ3n) is 4.36. The molecule has 3 nitrogen and oxygen atoms in total. The molecule has 165 valence electrons. The van der Waals surface area contributed by atoms with E-state index in [-0.39, 0.29) is 55.8 Å². The Morgan fingerprint density at radius 3 is 1.32 bits per heavy atom. The minimum Gasteiger partial charge on any atom is -1.00 e. The van der Waals surface area contributed by atoms with Gasteiger partial charge in [0.1, 0.15) is 0 Å². The van der Waals surface area contributed by atoms with Crippen LogP contribution in [0.2, 0.25) is 5.02 Å². The topological polar surface area (TPSA) is 37.6 Å². The SMILES string of the molecule is Cc1cccc(C)c1N=Cc1cc(Cl)cc(C=Nc2c(C)cccc2C)n1.[Cl-].[Cl-].[Cl-].[V]. The molecule has 0 saturated carbocycles. The van der Waals surface area contributed by atoms with E-state index in [0.717, 1.165) is 33.6 Å². The first-order valence-corrected chi connectivity index (χ1v) is 9.20. The zero-order valence-corrected chi connectivity index (χ0v) is 22.0. The zero-order chi connectivity index (χ0) is 19.4. The second-order valence-electron chi connectivity index (χ2n) is 6.63. The van der Waals surface area contributed by atoms with Gasteiger partial charge < -0.3 is 37.2 Å². The van der Waals surface area contributed by atoms with Crippen molar-refractivity contribution in [3.05, 3.63) is 87.2 Å². The molecule has 1 heterocycles. The summed E-state index contributed by atoms with van der Waals surface area (Å²) in [5, 5.41) is 0.607. The molecule has 3 rings (SSSR count). The number of hydrogen-bond donors (Lipinski definition) is 0. The van der Waals surface area contributed by atoms with Crippen molar-refractivity contribution in [2.45, 2.75) is 27.7 Å². The number of para-hydroxylation sites is 2. The van der Waals surface area contributed by atoms with E-state index in [1.807, 2.05) is 64.1 Å². The van der Waals surface area contributed by atoms with Gasteiger partial charge in [0.05, 0.1) is 35.2 Å². The van der Waals surface area contributed by atoms with Crippen LogP contribution < -0.4 is 37.2 Å². The van der Waals surface area contributed by atoms with Gasteiger partial charge in [-0.25, -0.2) is 4.98 Å². The van der Waals surface area contributed by atoms with Gasteiger partial charge in [-0.05, 0) is 62.1 Å². The van der Waals surface area contributed by atoms with Gasteiger partial charge in [0.15, 0.2) is 0 Å². The number of nitrogens with zero attached hydrogens (tertiary/aromatic N) is 3. The number of rotatable bonds is 4. The average Bonchev–Trinajstić information content (AvgIpc) is 2.60. The molecule has 0 aliphatic rings. The van der Waals surface area contributed by atoms with Crippen LogP contribution in [0.1, 0.15) is 33.6 Å². The minimum atomic E-state index is 0. The Morgan fingerprint density at radius 2 is 1.00 bits per heavy atom. The van der Waals surface area contributed by atoms with Crippen LogP contribution in [0.3, 0.4) is 0 Å². The molecule has 8 heteroatoms. The first kappa shape index (κ1) is 31.9. The Kier molecular flexibility index (Phi) is 15.1. The monoisotopic (exact) mass is 531 g/mol. The van der Waals surface area contributed by atoms with Crippen LogP contribution in [0, 0.1) is 27.7 Å². The first-order chi connectivity index (χ1) is 12.9. The van der Waals surface area contributed by atoms with Gasteiger partial charge in [0, 0.05) is 23.6 Å². The second-order valence-corrected chi connectivity index (χ2v) is 7.07. The third kappa shape index (κ3) is 8.61. The molecular weight excluding hydrogens is 511 g/mol. The maximum Gasteiger partial charge on any atom is 0.0835 e. The molecule has 0 bridgehead atoms. The van der Waals surface area contributed by atoms with Crippen molar-refractivity contribution in [1.29, 1.82) is 0 Å². The maximum atomic E-state index is 6.28. The van der Waals surface area contributed by atoms with Crippen molar-refractivity contribution in [2.24, 2.45) is 9.98 Å². The molecule has 0 amide bonds. The smallest absolute Gasteiger partial charge is 0.0835 e. The summed E-state index contributed by atoms with van der Waals surface area (Å²) in [5.74, 6) is 0. The number of hydrogen-bond acceptors (Lipinski definition) is 3. The maximum absolute atomic E-state index is 6.28. The molecule has 2 aromatic carbocycles. The Labute approximate surface area is 220 Å². The normalized spacial score (nSPS) is 10.1. The van der Waals surface area contributed by atoms with E-state index in [1.165, 1.54) is 0 Å². The number of aromatic nitrogens is 1. The molecule has 0 aliphatic carbocycles. The van der Waals surface area contributed by atoms with E-state index in [1.54, 1.807) is 24.6 Å². The molecule has 3 aromatic rings. The van der Waals surface area contributed by atoms with Crippen LogP contribution >= 0.6 is 11.6 Å². The Balaban J connectivity index is 0. The molecule has 31 heavy (non-hydrogen) atoms. The van der Waals surface area contributed by atoms with Crippen LogP contribution in [0.5, 0.6) is 0 Å². The fraction of sp³-hybridized carbons (Fsp3) is 0.174. The molecule has 0 aliphatic heterocycles. The summed E-state index contributed by atoms with van der Waals surface area (Å²) in [4.78, 5) is 13.8. The number of benzene rings is 2. The summed E-state index contributed by atoms with van der Waals surface area (Å²) in [5.41, 5.74) is 7.85. The minimum absolute atomic E-state index is 0. The predicted molar refractivity (Wildman–Crippen MR) is 116 cm³/mol. The summed E-state index contributed by atoms with van der Waals surface area (Å²) in [6.07, 6.45) is 3.50. The van der Waals surface area contributed by atoms with Gasteiger partial charge in [0.2, 0.25) is 0 Å². The third-order valence-corrected chi connectivity index (χ3v) is 4.58. The van der Waals surface area contributed by atoms with Gasteiger partial charge in [-0.15, -0.1) is 0 Å². The van der Waals surface area contributed by atoms with E-state index in [9.17, 15) is 0 Å². The van der Waals surface area contributed by atoms with Crippen LogP contribution in [-0.2, 0) is 18.6 Å². The van der Waals surface area contributed by atoms with E-state index < -0.39 is 0 Å². The Bertz CT molecular complexity index is 933. The summed E-state index contributed by atoms with van der Waals surface area (Å²) < 4.78 is 0. The number of aliphatic imine (C=N–C) groups is 2. The van der Waals surface area contributed by atoms with Crippen molar-refractivity contribution in [2.75, 3.05) is 0 Å². The van der Waals surface area contributed by atoms with E-state index in [4.69, 9.17) is 11.6 Å². The van der Waals surface area contributed by atoms with Crippen molar-refractivity contribution in [3.8, 4) is 0 Å². The van der Waals surface area contributed by atoms with Crippen LogP contribution in [0.25, 0.3) is 0 Å². The average molecular weight is 533 g/mol. The molecule has 0 unspecified atom stereocenters. The summed E-state index contributed by atoms with van der Waals surface area (Å²) >= 11 is 6.28. The predicted octanol–water partition coefficient (Wildman–Crippen LogP) is -2.52. The molecular formula is C23H22Cl4N3V-3. The van der Waals surface area contributed by atoms with E-state index >= 15 is 0 Å². The summed E-state index contributed by atoms with van der Waals surface area (Å²) in [6.45, 7) is 8.20. The molecule has 0 N–H and O–H groups in total. The van der Waals surface area contributed by atoms with Crippen molar-refractivity contribution in [1.82, 2.24) is 4.98 Å². The Morgan fingerprint density at radius 1 is 0.677 bits per heavy atom. The van der Waals surface area contributed by atoms with Gasteiger partial charge in [0.25, 0.3) is 0 Å². The van der Waals surface area contributed by atoms with Crippen molar-refractivity contribution in [3.63, 3.8) is 0 Å². The number of halogens is 4. The largest absolute Gasteiger partial charge is 1.00 e. The quantitative estimate of drug-likeness (QED) is 0.342.